The lowest BCUT2D eigenvalue weighted by Crippen LogP contribution is -2.15. The number of rotatable bonds is 22. The molecule has 0 aliphatic heterocycles. The topological polar surface area (TPSA) is 73.8 Å². The zero-order valence-electron chi connectivity index (χ0n) is 20.3. The molecule has 0 radical (unpaired) electrons. The van der Waals surface area contributed by atoms with E-state index in [4.69, 9.17) is 37.9 Å². The molecule has 0 heterocycles. The summed E-state index contributed by atoms with van der Waals surface area (Å²) in [6, 6.07) is 4.22. The molecular formula is C24H42O8. The van der Waals surface area contributed by atoms with Gasteiger partial charge >= 0.3 is 0 Å². The highest BCUT2D eigenvalue weighted by molar-refractivity contribution is 5.41. The van der Waals surface area contributed by atoms with Crippen LogP contribution in [-0.4, -0.2) is 99.6 Å². The molecule has 0 unspecified atom stereocenters. The predicted octanol–water partition coefficient (Wildman–Crippen LogP) is 2.74. The maximum Gasteiger partial charge on any atom is 0.122 e. The van der Waals surface area contributed by atoms with Crippen molar-refractivity contribution < 1.29 is 37.9 Å². The van der Waals surface area contributed by atoms with Gasteiger partial charge in [0.1, 0.15) is 12.4 Å². The van der Waals surface area contributed by atoms with E-state index in [0.29, 0.717) is 92.5 Å². The summed E-state index contributed by atoms with van der Waals surface area (Å²) in [5.41, 5.74) is 3.63. The van der Waals surface area contributed by atoms with Gasteiger partial charge in [0.15, 0.2) is 0 Å². The molecule has 0 aliphatic carbocycles. The van der Waals surface area contributed by atoms with Gasteiger partial charge in [-0.15, -0.1) is 0 Å². The van der Waals surface area contributed by atoms with Crippen LogP contribution >= 0.6 is 0 Å². The third kappa shape index (κ3) is 15.5. The Morgan fingerprint density at radius 1 is 0.500 bits per heavy atom. The van der Waals surface area contributed by atoms with Gasteiger partial charge in [-0.2, -0.15) is 0 Å². The molecule has 0 aliphatic rings. The summed E-state index contributed by atoms with van der Waals surface area (Å²) in [6.07, 6.45) is 0. The van der Waals surface area contributed by atoms with Crippen molar-refractivity contribution in [3.63, 3.8) is 0 Å². The Balaban J connectivity index is 1.77. The Labute approximate surface area is 193 Å². The first-order chi connectivity index (χ1) is 15.6. The summed E-state index contributed by atoms with van der Waals surface area (Å²) < 4.78 is 43.3. The van der Waals surface area contributed by atoms with Crippen LogP contribution < -0.4 is 4.74 Å². The molecule has 186 valence electrons. The van der Waals surface area contributed by atoms with E-state index in [0.717, 1.165) is 5.75 Å². The van der Waals surface area contributed by atoms with Crippen LogP contribution in [0, 0.1) is 20.8 Å². The number of methoxy groups -OCH3 is 1. The van der Waals surface area contributed by atoms with Gasteiger partial charge in [0.05, 0.1) is 85.9 Å². The fourth-order valence-electron chi connectivity index (χ4n) is 2.71. The Morgan fingerprint density at radius 3 is 1.28 bits per heavy atom. The van der Waals surface area contributed by atoms with Crippen LogP contribution in [0.1, 0.15) is 16.7 Å². The van der Waals surface area contributed by atoms with E-state index >= 15 is 0 Å². The van der Waals surface area contributed by atoms with Crippen LogP contribution in [0.15, 0.2) is 12.1 Å². The summed E-state index contributed by atoms with van der Waals surface area (Å²) in [4.78, 5) is 0. The molecule has 0 fully saturated rings. The van der Waals surface area contributed by atoms with Crippen molar-refractivity contribution in [3.05, 3.63) is 28.8 Å². The van der Waals surface area contributed by atoms with E-state index in [1.165, 1.54) is 16.7 Å². The van der Waals surface area contributed by atoms with E-state index in [2.05, 4.69) is 32.9 Å². The lowest BCUT2D eigenvalue weighted by atomic mass is 10.1. The quantitative estimate of drug-likeness (QED) is 0.246. The predicted molar refractivity (Wildman–Crippen MR) is 123 cm³/mol. The van der Waals surface area contributed by atoms with Gasteiger partial charge in [0.2, 0.25) is 0 Å². The molecule has 0 atom stereocenters. The Hall–Kier alpha value is -1.26. The molecule has 8 nitrogen and oxygen atoms in total. The molecular weight excluding hydrogens is 416 g/mol. The monoisotopic (exact) mass is 458 g/mol. The van der Waals surface area contributed by atoms with Crippen LogP contribution in [-0.2, 0) is 33.2 Å². The van der Waals surface area contributed by atoms with E-state index in [1.54, 1.807) is 7.11 Å². The Bertz CT molecular complexity index is 567. The Morgan fingerprint density at radius 2 is 0.875 bits per heavy atom. The molecule has 0 saturated carbocycles. The SMILES string of the molecule is COCCOCCOCCOCCOCCOCCOCCOc1cc(C)cc(C)c1C. The first-order valence-corrected chi connectivity index (χ1v) is 11.3. The number of ether oxygens (including phenoxy) is 8. The number of hydrogen-bond donors (Lipinski definition) is 0. The molecule has 1 rings (SSSR count). The van der Waals surface area contributed by atoms with E-state index in [1.807, 2.05) is 0 Å². The molecule has 0 saturated heterocycles. The minimum Gasteiger partial charge on any atom is -0.491 e. The third-order valence-electron chi connectivity index (χ3n) is 4.54. The highest BCUT2D eigenvalue weighted by Crippen LogP contribution is 2.23. The average molecular weight is 459 g/mol. The van der Waals surface area contributed by atoms with Gasteiger partial charge in [-0.3, -0.25) is 0 Å². The average Bonchev–Trinajstić information content (AvgIpc) is 2.78. The molecule has 0 amide bonds. The molecule has 0 spiro atoms. The van der Waals surface area contributed by atoms with Crippen LogP contribution in [0.4, 0.5) is 0 Å². The van der Waals surface area contributed by atoms with E-state index < -0.39 is 0 Å². The zero-order chi connectivity index (χ0) is 23.3. The van der Waals surface area contributed by atoms with Crippen molar-refractivity contribution in [2.45, 2.75) is 20.8 Å². The minimum absolute atomic E-state index is 0.528. The van der Waals surface area contributed by atoms with Crippen LogP contribution in [0.5, 0.6) is 5.75 Å². The maximum atomic E-state index is 5.82. The second-order valence-electron chi connectivity index (χ2n) is 7.22. The summed E-state index contributed by atoms with van der Waals surface area (Å²) in [6.45, 7) is 13.9. The highest BCUT2D eigenvalue weighted by Gasteiger charge is 2.03. The van der Waals surface area contributed by atoms with Crippen molar-refractivity contribution in [2.24, 2.45) is 0 Å². The highest BCUT2D eigenvalue weighted by atomic mass is 16.6. The van der Waals surface area contributed by atoms with E-state index in [9.17, 15) is 0 Å². The fraction of sp³-hybridized carbons (Fsp3) is 0.750. The summed E-state index contributed by atoms with van der Waals surface area (Å²) >= 11 is 0. The summed E-state index contributed by atoms with van der Waals surface area (Å²) in [7, 11) is 1.65. The van der Waals surface area contributed by atoms with Crippen LogP contribution in [0.3, 0.4) is 0 Å². The molecule has 0 N–H and O–H groups in total. The normalized spacial score (nSPS) is 11.2. The molecule has 0 bridgehead atoms. The first kappa shape index (κ1) is 28.8. The smallest absolute Gasteiger partial charge is 0.122 e. The molecule has 32 heavy (non-hydrogen) atoms. The van der Waals surface area contributed by atoms with Gasteiger partial charge in [-0.1, -0.05) is 6.07 Å². The van der Waals surface area contributed by atoms with Crippen molar-refractivity contribution in [1.82, 2.24) is 0 Å². The van der Waals surface area contributed by atoms with E-state index in [-0.39, 0.29) is 0 Å². The van der Waals surface area contributed by atoms with Crippen molar-refractivity contribution in [1.29, 1.82) is 0 Å². The number of hydrogen-bond acceptors (Lipinski definition) is 8. The van der Waals surface area contributed by atoms with Gasteiger partial charge in [0.25, 0.3) is 0 Å². The van der Waals surface area contributed by atoms with Crippen LogP contribution in [0.25, 0.3) is 0 Å². The second-order valence-corrected chi connectivity index (χ2v) is 7.22. The summed E-state index contributed by atoms with van der Waals surface area (Å²) in [5, 5.41) is 0. The number of aryl methyl sites for hydroxylation is 2. The largest absolute Gasteiger partial charge is 0.491 e. The second kappa shape index (κ2) is 20.4. The molecule has 1 aromatic carbocycles. The standard InChI is InChI=1S/C24H42O8/c1-21-19-22(2)23(3)24(20-21)32-18-17-31-16-15-30-14-13-29-12-11-28-10-9-27-8-7-26-6-5-25-4/h19-20H,5-18H2,1-4H3. The third-order valence-corrected chi connectivity index (χ3v) is 4.54. The fourth-order valence-corrected chi connectivity index (χ4v) is 2.71. The molecule has 8 heteroatoms. The lowest BCUT2D eigenvalue weighted by Gasteiger charge is -2.12. The molecule has 1 aromatic rings. The minimum atomic E-state index is 0.528. The van der Waals surface area contributed by atoms with Crippen LogP contribution in [0.2, 0.25) is 0 Å². The number of benzene rings is 1. The zero-order valence-corrected chi connectivity index (χ0v) is 20.3. The van der Waals surface area contributed by atoms with Gasteiger partial charge in [0, 0.05) is 7.11 Å². The van der Waals surface area contributed by atoms with Crippen molar-refractivity contribution in [2.75, 3.05) is 99.6 Å². The van der Waals surface area contributed by atoms with Crippen molar-refractivity contribution >= 4 is 0 Å². The summed E-state index contributed by atoms with van der Waals surface area (Å²) in [5.74, 6) is 0.930. The van der Waals surface area contributed by atoms with Crippen molar-refractivity contribution in [3.8, 4) is 5.75 Å². The maximum absolute atomic E-state index is 5.82. The molecule has 0 aromatic heterocycles. The first-order valence-electron chi connectivity index (χ1n) is 11.3. The Kier molecular flexibility index (Phi) is 18.3. The lowest BCUT2D eigenvalue weighted by molar-refractivity contribution is -0.0199. The van der Waals surface area contributed by atoms with Gasteiger partial charge in [-0.05, 0) is 43.5 Å². The van der Waals surface area contributed by atoms with Gasteiger partial charge < -0.3 is 37.9 Å². The van der Waals surface area contributed by atoms with Gasteiger partial charge in [-0.25, -0.2) is 0 Å².